The maximum Gasteiger partial charge on any atom is 0.0985 e. The maximum absolute atomic E-state index is 4.83. The van der Waals surface area contributed by atoms with E-state index in [2.05, 4.69) is 39.9 Å². The molecular formula is C14H26N2S. The van der Waals surface area contributed by atoms with Gasteiger partial charge in [-0.3, -0.25) is 0 Å². The van der Waals surface area contributed by atoms with E-state index in [0.717, 1.165) is 19.5 Å². The Hall–Kier alpha value is -0.410. The third kappa shape index (κ3) is 4.40. The van der Waals surface area contributed by atoms with Gasteiger partial charge in [-0.05, 0) is 19.4 Å². The number of hydrogen-bond acceptors (Lipinski definition) is 3. The van der Waals surface area contributed by atoms with Crippen molar-refractivity contribution in [1.29, 1.82) is 0 Å². The van der Waals surface area contributed by atoms with E-state index in [0.29, 0.717) is 0 Å². The lowest BCUT2D eigenvalue weighted by atomic mass is 9.98. The Morgan fingerprint density at radius 3 is 2.41 bits per heavy atom. The van der Waals surface area contributed by atoms with Gasteiger partial charge >= 0.3 is 0 Å². The molecule has 0 atom stereocenters. The molecule has 0 aromatic carbocycles. The summed E-state index contributed by atoms with van der Waals surface area (Å²) in [4.78, 5) is 6.26. The van der Waals surface area contributed by atoms with Gasteiger partial charge in [0.05, 0.1) is 10.7 Å². The Bertz CT molecular complexity index is 336. The first-order valence-electron chi connectivity index (χ1n) is 6.68. The predicted molar refractivity (Wildman–Crippen MR) is 76.8 cm³/mol. The predicted octanol–water partition coefficient (Wildman–Crippen LogP) is 3.89. The molecule has 17 heavy (non-hydrogen) atoms. The van der Waals surface area contributed by atoms with Crippen LogP contribution in [0.25, 0.3) is 0 Å². The average Bonchev–Trinajstić information content (AvgIpc) is 2.62. The summed E-state index contributed by atoms with van der Waals surface area (Å²) in [6, 6.07) is 0. The molecule has 1 N–H and O–H groups in total. The number of nitrogens with zero attached hydrogens (tertiary/aromatic N) is 1. The second kappa shape index (κ2) is 6.50. The van der Waals surface area contributed by atoms with Crippen LogP contribution in [-0.4, -0.2) is 11.5 Å². The zero-order valence-electron chi connectivity index (χ0n) is 11.9. The first-order valence-corrected chi connectivity index (χ1v) is 7.50. The molecule has 0 saturated carbocycles. The number of thiazole rings is 1. The minimum Gasteiger partial charge on any atom is -0.312 e. The second-order valence-electron chi connectivity index (χ2n) is 5.57. The molecule has 0 saturated heterocycles. The lowest BCUT2D eigenvalue weighted by Crippen LogP contribution is -2.13. The van der Waals surface area contributed by atoms with Gasteiger partial charge in [0.25, 0.3) is 0 Å². The Kier molecular flexibility index (Phi) is 5.60. The highest BCUT2D eigenvalue weighted by atomic mass is 32.1. The minimum atomic E-state index is 0.177. The van der Waals surface area contributed by atoms with Gasteiger partial charge in [-0.15, -0.1) is 11.3 Å². The van der Waals surface area contributed by atoms with Gasteiger partial charge in [0.15, 0.2) is 0 Å². The number of aryl methyl sites for hydroxylation is 1. The summed E-state index contributed by atoms with van der Waals surface area (Å²) in [7, 11) is 0. The molecule has 0 aliphatic heterocycles. The van der Waals surface area contributed by atoms with E-state index in [1.165, 1.54) is 28.4 Å². The molecule has 0 spiro atoms. The minimum absolute atomic E-state index is 0.177. The smallest absolute Gasteiger partial charge is 0.0985 e. The van der Waals surface area contributed by atoms with E-state index >= 15 is 0 Å². The highest BCUT2D eigenvalue weighted by molar-refractivity contribution is 7.11. The summed E-state index contributed by atoms with van der Waals surface area (Å²) >= 11 is 1.88. The van der Waals surface area contributed by atoms with Crippen molar-refractivity contribution >= 4 is 11.3 Å². The van der Waals surface area contributed by atoms with Gasteiger partial charge < -0.3 is 5.32 Å². The van der Waals surface area contributed by atoms with Crippen LogP contribution in [0.3, 0.4) is 0 Å². The SMILES string of the molecule is CCCNCc1sc(C(C)(C)C)nc1CCC. The Labute approximate surface area is 110 Å². The number of aromatic nitrogens is 1. The van der Waals surface area contributed by atoms with E-state index in [1.54, 1.807) is 0 Å². The Morgan fingerprint density at radius 1 is 1.18 bits per heavy atom. The quantitative estimate of drug-likeness (QED) is 0.779. The molecule has 0 fully saturated rings. The lowest BCUT2D eigenvalue weighted by Gasteiger charge is -2.13. The van der Waals surface area contributed by atoms with Crippen LogP contribution in [0.4, 0.5) is 0 Å². The molecular weight excluding hydrogens is 228 g/mol. The molecule has 0 bridgehead atoms. The van der Waals surface area contributed by atoms with Crippen molar-refractivity contribution in [3.8, 4) is 0 Å². The van der Waals surface area contributed by atoms with Crippen molar-refractivity contribution in [2.24, 2.45) is 0 Å². The highest BCUT2D eigenvalue weighted by Crippen LogP contribution is 2.30. The van der Waals surface area contributed by atoms with E-state index in [-0.39, 0.29) is 5.41 Å². The standard InChI is InChI=1S/C14H26N2S/c1-6-8-11-12(10-15-9-7-2)17-13(16-11)14(3,4)5/h15H,6-10H2,1-5H3. The summed E-state index contributed by atoms with van der Waals surface area (Å²) in [5.41, 5.74) is 1.49. The lowest BCUT2D eigenvalue weighted by molar-refractivity contribution is 0.582. The molecule has 1 heterocycles. The molecule has 2 nitrogen and oxygen atoms in total. The molecule has 0 radical (unpaired) electrons. The largest absolute Gasteiger partial charge is 0.312 e. The fraction of sp³-hybridized carbons (Fsp3) is 0.786. The number of rotatable bonds is 6. The van der Waals surface area contributed by atoms with Gasteiger partial charge in [0.1, 0.15) is 0 Å². The van der Waals surface area contributed by atoms with Crippen LogP contribution in [0.15, 0.2) is 0 Å². The molecule has 3 heteroatoms. The van der Waals surface area contributed by atoms with Crippen molar-refractivity contribution < 1.29 is 0 Å². The number of hydrogen-bond donors (Lipinski definition) is 1. The molecule has 98 valence electrons. The van der Waals surface area contributed by atoms with Gasteiger partial charge in [-0.25, -0.2) is 4.98 Å². The fourth-order valence-corrected chi connectivity index (χ4v) is 2.79. The van der Waals surface area contributed by atoms with Crippen LogP contribution >= 0.6 is 11.3 Å². The molecule has 1 rings (SSSR count). The topological polar surface area (TPSA) is 24.9 Å². The van der Waals surface area contributed by atoms with Gasteiger partial charge in [0.2, 0.25) is 0 Å². The third-order valence-electron chi connectivity index (χ3n) is 2.62. The van der Waals surface area contributed by atoms with Gasteiger partial charge in [-0.1, -0.05) is 41.0 Å². The van der Waals surface area contributed by atoms with Crippen LogP contribution in [-0.2, 0) is 18.4 Å². The van der Waals surface area contributed by atoms with Crippen molar-refractivity contribution in [1.82, 2.24) is 10.3 Å². The second-order valence-corrected chi connectivity index (χ2v) is 6.65. The average molecular weight is 254 g/mol. The molecule has 0 aliphatic carbocycles. The highest BCUT2D eigenvalue weighted by Gasteiger charge is 2.20. The van der Waals surface area contributed by atoms with Gasteiger partial charge in [-0.2, -0.15) is 0 Å². The summed E-state index contributed by atoms with van der Waals surface area (Å²) in [5.74, 6) is 0. The molecule has 0 aliphatic rings. The van der Waals surface area contributed by atoms with Crippen LogP contribution in [0.1, 0.15) is 63.0 Å². The summed E-state index contributed by atoms with van der Waals surface area (Å²) < 4.78 is 0. The normalized spacial score (nSPS) is 12.1. The summed E-state index contributed by atoms with van der Waals surface area (Å²) in [6.45, 7) is 13.2. The Morgan fingerprint density at radius 2 is 1.88 bits per heavy atom. The van der Waals surface area contributed by atoms with E-state index < -0.39 is 0 Å². The van der Waals surface area contributed by atoms with Crippen LogP contribution in [0.2, 0.25) is 0 Å². The van der Waals surface area contributed by atoms with Crippen LogP contribution in [0, 0.1) is 0 Å². The summed E-state index contributed by atoms with van der Waals surface area (Å²) in [6.07, 6.45) is 3.47. The molecule has 0 unspecified atom stereocenters. The zero-order chi connectivity index (χ0) is 12.9. The van der Waals surface area contributed by atoms with Crippen molar-refractivity contribution in [2.75, 3.05) is 6.54 Å². The molecule has 1 aromatic rings. The van der Waals surface area contributed by atoms with E-state index in [9.17, 15) is 0 Å². The number of nitrogens with one attached hydrogen (secondary N) is 1. The van der Waals surface area contributed by atoms with Crippen molar-refractivity contribution in [3.05, 3.63) is 15.6 Å². The first-order chi connectivity index (χ1) is 7.99. The van der Waals surface area contributed by atoms with Crippen molar-refractivity contribution in [2.45, 2.75) is 65.8 Å². The third-order valence-corrected chi connectivity index (χ3v) is 4.14. The zero-order valence-corrected chi connectivity index (χ0v) is 12.7. The van der Waals surface area contributed by atoms with E-state index in [4.69, 9.17) is 4.98 Å². The van der Waals surface area contributed by atoms with Gasteiger partial charge in [0, 0.05) is 16.8 Å². The Balaban J connectivity index is 2.81. The van der Waals surface area contributed by atoms with E-state index in [1.807, 2.05) is 11.3 Å². The maximum atomic E-state index is 4.83. The monoisotopic (exact) mass is 254 g/mol. The first kappa shape index (κ1) is 14.7. The fourth-order valence-electron chi connectivity index (χ4n) is 1.65. The van der Waals surface area contributed by atoms with Crippen molar-refractivity contribution in [3.63, 3.8) is 0 Å². The molecule has 1 aromatic heterocycles. The van der Waals surface area contributed by atoms with Crippen LogP contribution in [0.5, 0.6) is 0 Å². The molecule has 0 amide bonds. The van der Waals surface area contributed by atoms with Crippen LogP contribution < -0.4 is 5.32 Å². The summed E-state index contributed by atoms with van der Waals surface area (Å²) in [5, 5.41) is 4.76.